The van der Waals surface area contributed by atoms with E-state index in [0.717, 1.165) is 10.6 Å². The molecule has 1 saturated heterocycles. The largest absolute Gasteiger partial charge is 0.406 e. The van der Waals surface area contributed by atoms with Crippen molar-refractivity contribution in [2.45, 2.75) is 45.8 Å². The first-order valence-corrected chi connectivity index (χ1v) is 7.36. The average molecular weight is 314 g/mol. The standard InChI is InChI=1S/C16H21F3N2O/c1-4-11-7-5-6-8-12(11)9-13(16(17,18)19)21-10-15(2,3)14(22)20-21/h5-8,13H,4,9-10H2,1-3H3,(H,20,22)/t13-/m0/s1. The van der Waals surface area contributed by atoms with Gasteiger partial charge in [0.15, 0.2) is 0 Å². The van der Waals surface area contributed by atoms with Crippen LogP contribution in [0, 0.1) is 5.41 Å². The summed E-state index contributed by atoms with van der Waals surface area (Å²) in [4.78, 5) is 11.8. The monoisotopic (exact) mass is 314 g/mol. The molecule has 1 heterocycles. The number of carbonyl (C=O) groups is 1. The Hall–Kier alpha value is -1.56. The molecule has 1 amide bonds. The Morgan fingerprint density at radius 2 is 1.86 bits per heavy atom. The fourth-order valence-corrected chi connectivity index (χ4v) is 2.72. The number of benzene rings is 1. The third-order valence-corrected chi connectivity index (χ3v) is 4.09. The normalized spacial score (nSPS) is 20.0. The number of aryl methyl sites for hydroxylation is 1. The van der Waals surface area contributed by atoms with Gasteiger partial charge in [-0.3, -0.25) is 10.2 Å². The van der Waals surface area contributed by atoms with Crippen molar-refractivity contribution in [2.75, 3.05) is 6.54 Å². The van der Waals surface area contributed by atoms with Crippen LogP contribution in [-0.4, -0.2) is 29.7 Å². The van der Waals surface area contributed by atoms with Crippen molar-refractivity contribution >= 4 is 5.91 Å². The van der Waals surface area contributed by atoms with Gasteiger partial charge in [0.2, 0.25) is 5.91 Å². The molecule has 122 valence electrons. The molecule has 1 aliphatic rings. The summed E-state index contributed by atoms with van der Waals surface area (Å²) in [5.41, 5.74) is 3.15. The van der Waals surface area contributed by atoms with Crippen molar-refractivity contribution in [1.29, 1.82) is 0 Å². The topological polar surface area (TPSA) is 32.3 Å². The maximum Gasteiger partial charge on any atom is 0.406 e. The molecule has 0 aromatic heterocycles. The molecule has 1 aromatic carbocycles. The summed E-state index contributed by atoms with van der Waals surface area (Å²) in [7, 11) is 0. The van der Waals surface area contributed by atoms with Gasteiger partial charge in [0, 0.05) is 6.54 Å². The lowest BCUT2D eigenvalue weighted by Gasteiger charge is -2.30. The average Bonchev–Trinajstić information content (AvgIpc) is 2.68. The van der Waals surface area contributed by atoms with Gasteiger partial charge in [-0.2, -0.15) is 13.2 Å². The summed E-state index contributed by atoms with van der Waals surface area (Å²) < 4.78 is 40.4. The molecule has 1 atom stereocenters. The van der Waals surface area contributed by atoms with Crippen LogP contribution in [0.1, 0.15) is 31.9 Å². The smallest absolute Gasteiger partial charge is 0.288 e. The first kappa shape index (κ1) is 16.8. The highest BCUT2D eigenvalue weighted by Gasteiger charge is 2.50. The molecule has 0 aliphatic carbocycles. The number of hydrogen-bond donors (Lipinski definition) is 1. The van der Waals surface area contributed by atoms with E-state index >= 15 is 0 Å². The van der Waals surface area contributed by atoms with Crippen molar-refractivity contribution in [1.82, 2.24) is 10.4 Å². The van der Waals surface area contributed by atoms with E-state index in [4.69, 9.17) is 0 Å². The molecule has 2 rings (SSSR count). The van der Waals surface area contributed by atoms with Crippen molar-refractivity contribution in [3.8, 4) is 0 Å². The molecule has 1 fully saturated rings. The van der Waals surface area contributed by atoms with Gasteiger partial charge >= 0.3 is 6.18 Å². The Bertz CT molecular complexity index is 555. The third kappa shape index (κ3) is 3.43. The zero-order valence-corrected chi connectivity index (χ0v) is 13.0. The first-order chi connectivity index (χ1) is 10.1. The number of carbonyl (C=O) groups excluding carboxylic acids is 1. The van der Waals surface area contributed by atoms with Gasteiger partial charge in [-0.15, -0.1) is 0 Å². The van der Waals surface area contributed by atoms with Crippen LogP contribution in [0.3, 0.4) is 0 Å². The first-order valence-electron chi connectivity index (χ1n) is 7.36. The predicted octanol–water partition coefficient (Wildman–Crippen LogP) is 3.10. The third-order valence-electron chi connectivity index (χ3n) is 4.09. The molecule has 0 unspecified atom stereocenters. The van der Waals surface area contributed by atoms with Gasteiger partial charge in [-0.25, -0.2) is 5.01 Å². The Labute approximate surface area is 128 Å². The molecular weight excluding hydrogens is 293 g/mol. The Morgan fingerprint density at radius 3 is 2.32 bits per heavy atom. The number of amides is 1. The fourth-order valence-electron chi connectivity index (χ4n) is 2.72. The molecule has 6 heteroatoms. The van der Waals surface area contributed by atoms with E-state index in [1.54, 1.807) is 26.0 Å². The van der Waals surface area contributed by atoms with Gasteiger partial charge in [0.1, 0.15) is 6.04 Å². The highest BCUT2D eigenvalue weighted by atomic mass is 19.4. The number of nitrogens with one attached hydrogen (secondary N) is 1. The van der Waals surface area contributed by atoms with Crippen molar-refractivity contribution in [2.24, 2.45) is 5.41 Å². The lowest BCUT2D eigenvalue weighted by atomic mass is 9.93. The van der Waals surface area contributed by atoms with E-state index in [0.29, 0.717) is 12.0 Å². The Balaban J connectivity index is 2.27. The minimum atomic E-state index is -4.41. The van der Waals surface area contributed by atoms with Gasteiger partial charge < -0.3 is 0 Å². The van der Waals surface area contributed by atoms with E-state index < -0.39 is 17.6 Å². The quantitative estimate of drug-likeness (QED) is 0.926. The van der Waals surface area contributed by atoms with Crippen LogP contribution in [0.25, 0.3) is 0 Å². The van der Waals surface area contributed by atoms with E-state index in [-0.39, 0.29) is 18.9 Å². The van der Waals surface area contributed by atoms with E-state index in [2.05, 4.69) is 5.43 Å². The Morgan fingerprint density at radius 1 is 1.27 bits per heavy atom. The second-order valence-corrected chi connectivity index (χ2v) is 6.34. The van der Waals surface area contributed by atoms with E-state index in [1.807, 2.05) is 19.1 Å². The second kappa shape index (κ2) is 5.91. The number of nitrogens with zero attached hydrogens (tertiary/aromatic N) is 1. The summed E-state index contributed by atoms with van der Waals surface area (Å²) >= 11 is 0. The van der Waals surface area contributed by atoms with Gasteiger partial charge in [-0.1, -0.05) is 31.2 Å². The maximum atomic E-state index is 13.5. The number of hydrazine groups is 1. The number of hydrogen-bond acceptors (Lipinski definition) is 2. The molecule has 1 aromatic rings. The van der Waals surface area contributed by atoms with E-state index in [1.165, 1.54) is 0 Å². The zero-order valence-electron chi connectivity index (χ0n) is 13.0. The summed E-state index contributed by atoms with van der Waals surface area (Å²) in [6.45, 7) is 5.26. The second-order valence-electron chi connectivity index (χ2n) is 6.34. The minimum Gasteiger partial charge on any atom is -0.288 e. The summed E-state index contributed by atoms with van der Waals surface area (Å²) in [6, 6.07) is 5.42. The summed E-state index contributed by atoms with van der Waals surface area (Å²) in [5.74, 6) is -0.370. The van der Waals surface area contributed by atoms with Crippen LogP contribution in [-0.2, 0) is 17.6 Å². The lowest BCUT2D eigenvalue weighted by molar-refractivity contribution is -0.188. The molecule has 1 aliphatic heterocycles. The van der Waals surface area contributed by atoms with Crippen LogP contribution in [0.5, 0.6) is 0 Å². The maximum absolute atomic E-state index is 13.5. The van der Waals surface area contributed by atoms with E-state index in [9.17, 15) is 18.0 Å². The summed E-state index contributed by atoms with van der Waals surface area (Å²) in [5, 5.41) is 1.04. The molecule has 0 radical (unpaired) electrons. The molecule has 0 bridgehead atoms. The number of rotatable bonds is 4. The molecule has 0 saturated carbocycles. The lowest BCUT2D eigenvalue weighted by Crippen LogP contribution is -2.51. The number of alkyl halides is 3. The highest BCUT2D eigenvalue weighted by Crippen LogP contribution is 2.33. The predicted molar refractivity (Wildman–Crippen MR) is 78.0 cm³/mol. The van der Waals surface area contributed by atoms with Gasteiger partial charge in [-0.05, 0) is 37.8 Å². The van der Waals surface area contributed by atoms with Crippen LogP contribution < -0.4 is 5.43 Å². The molecule has 0 spiro atoms. The zero-order chi connectivity index (χ0) is 16.5. The molecular formula is C16H21F3N2O. The van der Waals surface area contributed by atoms with Crippen molar-refractivity contribution < 1.29 is 18.0 Å². The van der Waals surface area contributed by atoms with Crippen LogP contribution in [0.15, 0.2) is 24.3 Å². The van der Waals surface area contributed by atoms with Crippen LogP contribution in [0.4, 0.5) is 13.2 Å². The molecule has 3 nitrogen and oxygen atoms in total. The minimum absolute atomic E-state index is 0.0459. The van der Waals surface area contributed by atoms with Crippen LogP contribution in [0.2, 0.25) is 0 Å². The number of halogens is 3. The van der Waals surface area contributed by atoms with Crippen molar-refractivity contribution in [3.05, 3.63) is 35.4 Å². The van der Waals surface area contributed by atoms with Gasteiger partial charge in [0.05, 0.1) is 5.41 Å². The highest BCUT2D eigenvalue weighted by molar-refractivity contribution is 5.83. The van der Waals surface area contributed by atoms with Crippen molar-refractivity contribution in [3.63, 3.8) is 0 Å². The van der Waals surface area contributed by atoms with Gasteiger partial charge in [0.25, 0.3) is 0 Å². The molecule has 1 N–H and O–H groups in total. The molecule has 22 heavy (non-hydrogen) atoms. The summed E-state index contributed by atoms with van der Waals surface area (Å²) in [6.07, 6.45) is -3.89. The van der Waals surface area contributed by atoms with Crippen LogP contribution >= 0.6 is 0 Å². The SMILES string of the molecule is CCc1ccccc1C[C@H](N1CC(C)(C)C(=O)N1)C(F)(F)F. The fraction of sp³-hybridized carbons (Fsp3) is 0.562. The Kier molecular flexibility index (Phi) is 4.52.